The van der Waals surface area contributed by atoms with Gasteiger partial charge in [-0.1, -0.05) is 90.8 Å². The minimum Gasteiger partial charge on any atom is -0.492 e. The zero-order chi connectivity index (χ0) is 32.7. The molecule has 1 saturated carbocycles. The van der Waals surface area contributed by atoms with Crippen molar-refractivity contribution in [2.24, 2.45) is 11.8 Å². The molecule has 0 saturated heterocycles. The van der Waals surface area contributed by atoms with Crippen LogP contribution in [0.4, 0.5) is 4.39 Å². The third-order valence-corrected chi connectivity index (χ3v) is 6.84. The number of rotatable bonds is 3. The van der Waals surface area contributed by atoms with Crippen LogP contribution in [-0.2, 0) is 16.0 Å². The summed E-state index contributed by atoms with van der Waals surface area (Å²) in [7, 11) is 0. The van der Waals surface area contributed by atoms with Gasteiger partial charge in [-0.25, -0.2) is 4.39 Å². The van der Waals surface area contributed by atoms with Crippen LogP contribution in [0.1, 0.15) is 78.4 Å². The van der Waals surface area contributed by atoms with E-state index in [1.54, 1.807) is 6.07 Å². The smallest absolute Gasteiger partial charge is 0.242 e. The van der Waals surface area contributed by atoms with Crippen molar-refractivity contribution < 1.29 is 18.7 Å². The number of halogens is 1. The van der Waals surface area contributed by atoms with Gasteiger partial charge < -0.3 is 26.0 Å². The first kappa shape index (κ1) is 38.6. The molecule has 246 valence electrons. The van der Waals surface area contributed by atoms with Gasteiger partial charge in [0.25, 0.3) is 0 Å². The molecule has 2 aliphatic rings. The third kappa shape index (κ3) is 16.5. The lowest BCUT2D eigenvalue weighted by atomic mass is 10.00. The van der Waals surface area contributed by atoms with Crippen molar-refractivity contribution in [1.82, 2.24) is 21.3 Å². The summed E-state index contributed by atoms with van der Waals surface area (Å²) in [6.45, 7) is 16.7. The normalized spacial score (nSPS) is 20.4. The minimum atomic E-state index is -0.477. The molecule has 4 rings (SSSR count). The van der Waals surface area contributed by atoms with E-state index in [4.69, 9.17) is 4.74 Å². The largest absolute Gasteiger partial charge is 0.492 e. The van der Waals surface area contributed by atoms with E-state index in [-0.39, 0.29) is 30.1 Å². The van der Waals surface area contributed by atoms with Crippen LogP contribution in [0.3, 0.4) is 0 Å². The first-order valence-corrected chi connectivity index (χ1v) is 16.5. The van der Waals surface area contributed by atoms with Crippen LogP contribution in [-0.4, -0.2) is 50.6 Å². The predicted octanol–water partition coefficient (Wildman–Crippen LogP) is 6.32. The molecule has 1 aliphatic heterocycles. The van der Waals surface area contributed by atoms with Crippen molar-refractivity contribution in [1.29, 1.82) is 0 Å². The average Bonchev–Trinajstić information content (AvgIpc) is 3.85. The molecule has 1 aliphatic carbocycles. The molecule has 44 heavy (non-hydrogen) atoms. The van der Waals surface area contributed by atoms with E-state index in [1.165, 1.54) is 12.1 Å². The summed E-state index contributed by atoms with van der Waals surface area (Å²) in [6, 6.07) is 14.1. The van der Waals surface area contributed by atoms with E-state index < -0.39 is 6.04 Å². The lowest BCUT2D eigenvalue weighted by Gasteiger charge is -2.21. The van der Waals surface area contributed by atoms with Gasteiger partial charge in [0, 0.05) is 25.3 Å². The van der Waals surface area contributed by atoms with Crippen LogP contribution < -0.4 is 26.0 Å². The van der Waals surface area contributed by atoms with Gasteiger partial charge in [-0.15, -0.1) is 0 Å². The highest BCUT2D eigenvalue weighted by Gasteiger charge is 2.30. The number of aryl methyl sites for hydroxylation is 1. The molecule has 8 heteroatoms. The first-order chi connectivity index (χ1) is 21.3. The fourth-order valence-electron chi connectivity index (χ4n) is 4.53. The highest BCUT2D eigenvalue weighted by Crippen LogP contribution is 2.33. The summed E-state index contributed by atoms with van der Waals surface area (Å²) in [4.78, 5) is 25.4. The molecule has 2 atom stereocenters. The Labute approximate surface area is 265 Å². The monoisotopic (exact) mass is 612 g/mol. The summed E-state index contributed by atoms with van der Waals surface area (Å²) < 4.78 is 18.2. The summed E-state index contributed by atoms with van der Waals surface area (Å²) in [5.74, 6) is 1.28. The van der Waals surface area contributed by atoms with Gasteiger partial charge in [-0.3, -0.25) is 9.59 Å². The predicted molar refractivity (Wildman–Crippen MR) is 180 cm³/mol. The number of nitrogens with one attached hydrogen (secondary N) is 4. The van der Waals surface area contributed by atoms with Crippen LogP contribution in [0, 0.1) is 24.6 Å². The second kappa shape index (κ2) is 23.1. The fraction of sp³-hybridized carbons (Fsp3) is 0.556. The van der Waals surface area contributed by atoms with Crippen LogP contribution >= 0.6 is 0 Å². The molecule has 0 spiro atoms. The summed E-state index contributed by atoms with van der Waals surface area (Å²) in [5, 5.41) is 12.6. The summed E-state index contributed by atoms with van der Waals surface area (Å²) in [6.07, 6.45) is 6.75. The van der Waals surface area contributed by atoms with E-state index in [0.717, 1.165) is 48.3 Å². The number of hydrogen-bond acceptors (Lipinski definition) is 5. The summed E-state index contributed by atoms with van der Waals surface area (Å²) in [5.41, 5.74) is 3.08. The molecule has 2 amide bonds. The van der Waals surface area contributed by atoms with Crippen molar-refractivity contribution >= 4 is 11.8 Å². The van der Waals surface area contributed by atoms with Gasteiger partial charge in [0.1, 0.15) is 24.2 Å². The Kier molecular flexibility index (Phi) is 20.2. The molecular formula is C36H57FN4O3. The second-order valence-corrected chi connectivity index (χ2v) is 10.8. The lowest BCUT2D eigenvalue weighted by molar-refractivity contribution is -0.128. The molecule has 0 bridgehead atoms. The highest BCUT2D eigenvalue weighted by atomic mass is 19.1. The number of carbonyl (C=O) groups is 2. The van der Waals surface area contributed by atoms with Crippen molar-refractivity contribution in [3.05, 3.63) is 77.2 Å². The van der Waals surface area contributed by atoms with Gasteiger partial charge in [-0.2, -0.15) is 0 Å². The number of allylic oxidation sites excluding steroid dienone is 1. The topological polar surface area (TPSA) is 91.5 Å². The van der Waals surface area contributed by atoms with Crippen LogP contribution in [0.5, 0.6) is 5.75 Å². The number of amides is 2. The quantitative estimate of drug-likeness (QED) is 0.326. The number of benzene rings is 2. The first-order valence-electron chi connectivity index (χ1n) is 16.5. The molecule has 4 N–H and O–H groups in total. The molecule has 0 radical (unpaired) electrons. The lowest BCUT2D eigenvalue weighted by Crippen LogP contribution is -2.50. The molecule has 7 nitrogen and oxygen atoms in total. The Bertz CT molecular complexity index is 1100. The highest BCUT2D eigenvalue weighted by molar-refractivity contribution is 5.88. The fourth-order valence-corrected chi connectivity index (χ4v) is 4.53. The van der Waals surface area contributed by atoms with Crippen LogP contribution in [0.15, 0.2) is 60.3 Å². The maximum absolute atomic E-state index is 12.9. The van der Waals surface area contributed by atoms with Crippen molar-refractivity contribution in [3.63, 3.8) is 0 Å². The SMILES string of the molecule is CC.CC.CCC=C1CNCCOc2ccccc2CC(C)CNC(=O)C(CC2CC2)NC(=O)CN1.Cc1cccc(F)c1. The standard InChI is InChI=1S/C25H38N4O3.C7H7F.2C2H6/c1-3-6-21-16-26-11-12-32-23-8-5-4-7-20(23)13-18(2)15-28-25(31)22(14-19-9-10-19)29-24(30)17-27-21;1-6-3-2-4-7(8)5-6;2*1-2/h4-8,18-19,22,26-27H,3,9-17H2,1-2H3,(H,28,31)(H,29,30);2-5H,1H3;2*1-2H3. The van der Waals surface area contributed by atoms with E-state index in [9.17, 15) is 14.0 Å². The average molecular weight is 613 g/mol. The number of carbonyl (C=O) groups excluding carboxylic acids is 2. The Morgan fingerprint density at radius 2 is 1.70 bits per heavy atom. The zero-order valence-electron chi connectivity index (χ0n) is 28.1. The number of para-hydroxylation sites is 1. The van der Waals surface area contributed by atoms with Crippen molar-refractivity contribution in [3.8, 4) is 5.75 Å². The molecular weight excluding hydrogens is 555 g/mol. The Morgan fingerprint density at radius 1 is 0.977 bits per heavy atom. The van der Waals surface area contributed by atoms with Gasteiger partial charge in [0.15, 0.2) is 0 Å². The van der Waals surface area contributed by atoms with E-state index >= 15 is 0 Å². The maximum Gasteiger partial charge on any atom is 0.242 e. The third-order valence-electron chi connectivity index (χ3n) is 6.84. The van der Waals surface area contributed by atoms with Gasteiger partial charge in [-0.05, 0) is 67.3 Å². The second-order valence-electron chi connectivity index (χ2n) is 10.8. The Hall–Kier alpha value is -3.39. The number of hydrogen-bond donors (Lipinski definition) is 4. The molecule has 2 aromatic rings. The minimum absolute atomic E-state index is 0.0891. The van der Waals surface area contributed by atoms with E-state index in [1.807, 2.05) is 58.9 Å². The number of ether oxygens (including phenoxy) is 1. The molecule has 0 aromatic heterocycles. The molecule has 2 unspecified atom stereocenters. The Morgan fingerprint density at radius 3 is 2.34 bits per heavy atom. The maximum atomic E-state index is 12.9. The summed E-state index contributed by atoms with van der Waals surface area (Å²) >= 11 is 0. The van der Waals surface area contributed by atoms with Crippen molar-refractivity contribution in [2.45, 2.75) is 86.6 Å². The number of fused-ring (bicyclic) bond motifs is 1. The molecule has 2 aromatic carbocycles. The van der Waals surface area contributed by atoms with Crippen LogP contribution in [0.2, 0.25) is 0 Å². The van der Waals surface area contributed by atoms with E-state index in [2.05, 4.69) is 47.3 Å². The molecule has 1 fully saturated rings. The van der Waals surface area contributed by atoms with Crippen molar-refractivity contribution in [2.75, 3.05) is 32.8 Å². The molecule has 1 heterocycles. The van der Waals surface area contributed by atoms with E-state index in [0.29, 0.717) is 38.6 Å². The van der Waals surface area contributed by atoms with Crippen LogP contribution in [0.25, 0.3) is 0 Å². The van der Waals surface area contributed by atoms with Gasteiger partial charge >= 0.3 is 0 Å². The zero-order valence-corrected chi connectivity index (χ0v) is 28.1. The Balaban J connectivity index is 0.000000683. The van der Waals surface area contributed by atoms with Gasteiger partial charge in [0.2, 0.25) is 11.8 Å². The van der Waals surface area contributed by atoms with Gasteiger partial charge in [0.05, 0.1) is 6.54 Å².